The minimum atomic E-state index is 0.166. The minimum absolute atomic E-state index is 0.166. The van der Waals surface area contributed by atoms with Gasteiger partial charge in [0.1, 0.15) is 5.75 Å². The van der Waals surface area contributed by atoms with E-state index in [0.29, 0.717) is 6.42 Å². The molecule has 1 amide bonds. The Hall–Kier alpha value is -2.14. The molecule has 0 aliphatic carbocycles. The highest BCUT2D eigenvalue weighted by Gasteiger charge is 2.20. The van der Waals surface area contributed by atoms with E-state index in [4.69, 9.17) is 4.74 Å². The summed E-state index contributed by atoms with van der Waals surface area (Å²) in [5, 5.41) is 3.22. The van der Waals surface area contributed by atoms with Crippen LogP contribution < -0.4 is 15.0 Å². The van der Waals surface area contributed by atoms with E-state index < -0.39 is 0 Å². The molecule has 0 radical (unpaired) electrons. The molecule has 28 heavy (non-hydrogen) atoms. The van der Waals surface area contributed by atoms with Gasteiger partial charge in [-0.15, -0.1) is 11.8 Å². The number of carbonyl (C=O) groups excluding carboxylic acids is 1. The summed E-state index contributed by atoms with van der Waals surface area (Å²) >= 11 is 1.75. The molecular weight excluding hydrogens is 368 g/mol. The first kappa shape index (κ1) is 20.6. The van der Waals surface area contributed by atoms with Crippen molar-refractivity contribution in [2.24, 2.45) is 0 Å². The van der Waals surface area contributed by atoms with Crippen LogP contribution in [0.2, 0.25) is 0 Å². The van der Waals surface area contributed by atoms with E-state index >= 15 is 0 Å². The summed E-state index contributed by atoms with van der Waals surface area (Å²) in [6, 6.07) is 15.0. The normalized spacial score (nSPS) is 14.8. The van der Waals surface area contributed by atoms with E-state index in [9.17, 15) is 4.79 Å². The second-order valence-electron chi connectivity index (χ2n) is 7.37. The van der Waals surface area contributed by atoms with Gasteiger partial charge in [-0.3, -0.25) is 4.79 Å². The van der Waals surface area contributed by atoms with Crippen molar-refractivity contribution in [3.8, 4) is 5.75 Å². The third kappa shape index (κ3) is 5.68. The molecule has 1 fully saturated rings. The number of carbonyl (C=O) groups is 1. The number of anilines is 1. The average molecular weight is 399 g/mol. The third-order valence-electron chi connectivity index (χ3n) is 5.37. The smallest absolute Gasteiger partial charge is 0.221 e. The molecule has 1 aliphatic rings. The Balaban J connectivity index is 1.37. The summed E-state index contributed by atoms with van der Waals surface area (Å²) < 4.78 is 5.22. The number of thioether (sulfide) groups is 1. The summed E-state index contributed by atoms with van der Waals surface area (Å²) in [6.07, 6.45) is 2.54. The number of piperidine rings is 1. The van der Waals surface area contributed by atoms with Crippen LogP contribution in [-0.4, -0.2) is 37.9 Å². The predicted molar refractivity (Wildman–Crippen MR) is 118 cm³/mol. The second-order valence-corrected chi connectivity index (χ2v) is 8.54. The maximum absolute atomic E-state index is 12.3. The van der Waals surface area contributed by atoms with Gasteiger partial charge in [-0.2, -0.15) is 0 Å². The Bertz CT molecular complexity index is 784. The standard InChI is InChI=1S/C23H30N2O2S/c1-17-4-9-22(16-18(17)2)28-15-12-23(26)24-19-10-13-25(14-11-19)20-5-7-21(27-3)8-6-20/h4-9,16,19H,10-15H2,1-3H3,(H,24,26). The molecule has 1 N–H and O–H groups in total. The number of methoxy groups -OCH3 is 1. The number of nitrogens with zero attached hydrogens (tertiary/aromatic N) is 1. The van der Waals surface area contributed by atoms with Crippen LogP contribution in [0.15, 0.2) is 47.4 Å². The zero-order chi connectivity index (χ0) is 19.9. The fourth-order valence-corrected chi connectivity index (χ4v) is 4.39. The average Bonchev–Trinajstić information content (AvgIpc) is 2.71. The summed E-state index contributed by atoms with van der Waals surface area (Å²) in [5.41, 5.74) is 3.83. The summed E-state index contributed by atoms with van der Waals surface area (Å²) in [5.74, 6) is 1.86. The highest BCUT2D eigenvalue weighted by molar-refractivity contribution is 7.99. The Kier molecular flexibility index (Phi) is 7.26. The number of hydrogen-bond donors (Lipinski definition) is 1. The molecule has 1 aliphatic heterocycles. The lowest BCUT2D eigenvalue weighted by Gasteiger charge is -2.34. The number of rotatable bonds is 7. The van der Waals surface area contributed by atoms with Gasteiger partial charge < -0.3 is 15.0 Å². The van der Waals surface area contributed by atoms with Crippen LogP contribution in [-0.2, 0) is 4.79 Å². The van der Waals surface area contributed by atoms with Gasteiger partial charge in [0.15, 0.2) is 0 Å². The molecule has 4 nitrogen and oxygen atoms in total. The lowest BCUT2D eigenvalue weighted by atomic mass is 10.0. The highest BCUT2D eigenvalue weighted by atomic mass is 32.2. The molecule has 2 aromatic rings. The SMILES string of the molecule is COc1ccc(N2CCC(NC(=O)CCSc3ccc(C)c(C)c3)CC2)cc1. The van der Waals surface area contributed by atoms with Crippen LogP contribution >= 0.6 is 11.8 Å². The van der Waals surface area contributed by atoms with E-state index in [0.717, 1.165) is 37.4 Å². The summed E-state index contributed by atoms with van der Waals surface area (Å²) in [7, 11) is 1.68. The fourth-order valence-electron chi connectivity index (χ4n) is 3.44. The van der Waals surface area contributed by atoms with Crippen molar-refractivity contribution < 1.29 is 9.53 Å². The minimum Gasteiger partial charge on any atom is -0.497 e. The van der Waals surface area contributed by atoms with Crippen LogP contribution in [0.3, 0.4) is 0 Å². The molecule has 5 heteroatoms. The molecule has 3 rings (SSSR count). The van der Waals surface area contributed by atoms with Crippen molar-refractivity contribution in [1.29, 1.82) is 0 Å². The van der Waals surface area contributed by atoms with Gasteiger partial charge in [0.25, 0.3) is 0 Å². The van der Waals surface area contributed by atoms with Crippen LogP contribution in [0, 0.1) is 13.8 Å². The van der Waals surface area contributed by atoms with E-state index in [1.807, 2.05) is 12.1 Å². The Labute approximate surface area is 172 Å². The molecule has 0 saturated carbocycles. The van der Waals surface area contributed by atoms with E-state index in [-0.39, 0.29) is 11.9 Å². The zero-order valence-corrected chi connectivity index (χ0v) is 17.8. The maximum atomic E-state index is 12.3. The first-order chi connectivity index (χ1) is 13.5. The van der Waals surface area contributed by atoms with Crippen molar-refractivity contribution >= 4 is 23.4 Å². The summed E-state index contributed by atoms with van der Waals surface area (Å²) in [4.78, 5) is 15.9. The van der Waals surface area contributed by atoms with Crippen molar-refractivity contribution in [3.63, 3.8) is 0 Å². The van der Waals surface area contributed by atoms with Crippen molar-refractivity contribution in [2.45, 2.75) is 44.0 Å². The number of nitrogens with one attached hydrogen (secondary N) is 1. The molecule has 1 saturated heterocycles. The van der Waals surface area contributed by atoms with Crippen LogP contribution in [0.1, 0.15) is 30.4 Å². The van der Waals surface area contributed by atoms with Crippen molar-refractivity contribution in [1.82, 2.24) is 5.32 Å². The number of benzene rings is 2. The molecule has 150 valence electrons. The van der Waals surface area contributed by atoms with Gasteiger partial charge in [0.2, 0.25) is 5.91 Å². The number of amides is 1. The van der Waals surface area contributed by atoms with Crippen molar-refractivity contribution in [2.75, 3.05) is 30.9 Å². The Morgan fingerprint density at radius 3 is 2.46 bits per heavy atom. The quantitative estimate of drug-likeness (QED) is 0.693. The Morgan fingerprint density at radius 2 is 1.82 bits per heavy atom. The predicted octanol–water partition coefficient (Wildman–Crippen LogP) is 4.58. The van der Waals surface area contributed by atoms with Gasteiger partial charge >= 0.3 is 0 Å². The molecule has 0 atom stereocenters. The van der Waals surface area contributed by atoms with E-state index in [2.05, 4.69) is 54.4 Å². The first-order valence-electron chi connectivity index (χ1n) is 9.93. The van der Waals surface area contributed by atoms with Gasteiger partial charge in [-0.1, -0.05) is 6.07 Å². The largest absolute Gasteiger partial charge is 0.497 e. The molecule has 0 aromatic heterocycles. The zero-order valence-electron chi connectivity index (χ0n) is 17.0. The van der Waals surface area contributed by atoms with E-state index in [1.54, 1.807) is 18.9 Å². The van der Waals surface area contributed by atoms with Crippen LogP contribution in [0.4, 0.5) is 5.69 Å². The highest BCUT2D eigenvalue weighted by Crippen LogP contribution is 2.24. The van der Waals surface area contributed by atoms with Gasteiger partial charge in [0, 0.05) is 41.9 Å². The number of aryl methyl sites for hydroxylation is 2. The van der Waals surface area contributed by atoms with Gasteiger partial charge in [-0.05, 0) is 74.2 Å². The molecule has 0 bridgehead atoms. The molecule has 2 aromatic carbocycles. The lowest BCUT2D eigenvalue weighted by molar-refractivity contribution is -0.121. The van der Waals surface area contributed by atoms with Crippen LogP contribution in [0.25, 0.3) is 0 Å². The maximum Gasteiger partial charge on any atom is 0.221 e. The monoisotopic (exact) mass is 398 g/mol. The topological polar surface area (TPSA) is 41.6 Å². The molecule has 1 heterocycles. The molecular formula is C23H30N2O2S. The summed E-state index contributed by atoms with van der Waals surface area (Å²) in [6.45, 7) is 6.19. The lowest BCUT2D eigenvalue weighted by Crippen LogP contribution is -2.44. The first-order valence-corrected chi connectivity index (χ1v) is 10.9. The van der Waals surface area contributed by atoms with E-state index in [1.165, 1.54) is 21.7 Å². The molecule has 0 spiro atoms. The van der Waals surface area contributed by atoms with Crippen LogP contribution in [0.5, 0.6) is 5.75 Å². The third-order valence-corrected chi connectivity index (χ3v) is 6.37. The molecule has 0 unspecified atom stereocenters. The second kappa shape index (κ2) is 9.87. The number of ether oxygens (including phenoxy) is 1. The van der Waals surface area contributed by atoms with Crippen molar-refractivity contribution in [3.05, 3.63) is 53.6 Å². The fraction of sp³-hybridized carbons (Fsp3) is 0.435. The van der Waals surface area contributed by atoms with Gasteiger partial charge in [-0.25, -0.2) is 0 Å². The Morgan fingerprint density at radius 1 is 1.11 bits per heavy atom. The van der Waals surface area contributed by atoms with Gasteiger partial charge in [0.05, 0.1) is 7.11 Å². The number of hydrogen-bond acceptors (Lipinski definition) is 4.